The molecule has 1 saturated heterocycles. The van der Waals surface area contributed by atoms with Crippen LogP contribution in [0.2, 0.25) is 0 Å². The molecule has 3 rings (SSSR count). The molecular weight excluding hydrogens is 276 g/mol. The van der Waals surface area contributed by atoms with Gasteiger partial charge in [0.15, 0.2) is 0 Å². The van der Waals surface area contributed by atoms with Gasteiger partial charge in [-0.3, -0.25) is 4.79 Å². The number of benzene rings is 1. The third-order valence-electron chi connectivity index (χ3n) is 4.84. The Morgan fingerprint density at radius 2 is 1.95 bits per heavy atom. The van der Waals surface area contributed by atoms with Gasteiger partial charge < -0.3 is 14.5 Å². The minimum absolute atomic E-state index is 0.131. The third kappa shape index (κ3) is 3.21. The monoisotopic (exact) mass is 302 g/mol. The standard InChI is InChI=1S/C18H26N2O2/c1-14-7-8-16-17(11-14)22-13-15(19(16)2)12-18(21)20-9-5-3-4-6-10-20/h7-8,11,15H,3-6,9-10,12-13H2,1-2H3/t15-/m1/s1. The van der Waals surface area contributed by atoms with Crippen LogP contribution in [0.5, 0.6) is 5.75 Å². The highest BCUT2D eigenvalue weighted by molar-refractivity contribution is 5.78. The molecule has 1 fully saturated rings. The number of likely N-dealkylation sites (tertiary alicyclic amines) is 1. The molecule has 0 radical (unpaired) electrons. The zero-order valence-corrected chi connectivity index (χ0v) is 13.7. The Morgan fingerprint density at radius 3 is 2.68 bits per heavy atom. The van der Waals surface area contributed by atoms with Gasteiger partial charge in [-0.1, -0.05) is 18.9 Å². The first-order chi connectivity index (χ1) is 10.6. The van der Waals surface area contributed by atoms with Gasteiger partial charge in [0, 0.05) is 20.1 Å². The minimum Gasteiger partial charge on any atom is -0.489 e. The van der Waals surface area contributed by atoms with Gasteiger partial charge in [0.1, 0.15) is 12.4 Å². The normalized spacial score (nSPS) is 21.8. The molecule has 0 saturated carbocycles. The number of carbonyl (C=O) groups is 1. The Kier molecular flexibility index (Phi) is 4.55. The van der Waals surface area contributed by atoms with Gasteiger partial charge in [-0.05, 0) is 37.5 Å². The lowest BCUT2D eigenvalue weighted by Gasteiger charge is -2.36. The van der Waals surface area contributed by atoms with Gasteiger partial charge in [-0.2, -0.15) is 0 Å². The van der Waals surface area contributed by atoms with Crippen LogP contribution in [0.3, 0.4) is 0 Å². The summed E-state index contributed by atoms with van der Waals surface area (Å²) in [6.07, 6.45) is 5.34. The quantitative estimate of drug-likeness (QED) is 0.842. The number of rotatable bonds is 2. The number of hydrogen-bond donors (Lipinski definition) is 0. The van der Waals surface area contributed by atoms with E-state index in [4.69, 9.17) is 4.74 Å². The second kappa shape index (κ2) is 6.59. The molecule has 0 bridgehead atoms. The molecule has 2 aliphatic rings. The molecule has 1 atom stereocenters. The predicted octanol–water partition coefficient (Wildman–Crippen LogP) is 2.98. The van der Waals surface area contributed by atoms with Crippen LogP contribution in [0.1, 0.15) is 37.7 Å². The molecule has 120 valence electrons. The highest BCUT2D eigenvalue weighted by Crippen LogP contribution is 2.34. The van der Waals surface area contributed by atoms with E-state index in [-0.39, 0.29) is 11.9 Å². The Balaban J connectivity index is 1.66. The molecule has 4 heteroatoms. The minimum atomic E-state index is 0.131. The van der Waals surface area contributed by atoms with Gasteiger partial charge in [0.2, 0.25) is 5.91 Å². The molecule has 0 aliphatic carbocycles. The number of fused-ring (bicyclic) bond motifs is 1. The highest BCUT2D eigenvalue weighted by Gasteiger charge is 2.28. The number of anilines is 1. The largest absolute Gasteiger partial charge is 0.489 e. The maximum Gasteiger partial charge on any atom is 0.224 e. The summed E-state index contributed by atoms with van der Waals surface area (Å²) in [6.45, 7) is 4.50. The van der Waals surface area contributed by atoms with Crippen LogP contribution >= 0.6 is 0 Å². The zero-order chi connectivity index (χ0) is 15.5. The van der Waals surface area contributed by atoms with Gasteiger partial charge in [0.05, 0.1) is 18.2 Å². The molecule has 2 heterocycles. The molecule has 0 spiro atoms. The van der Waals surface area contributed by atoms with Gasteiger partial charge in [-0.25, -0.2) is 0 Å². The van der Waals surface area contributed by atoms with Crippen molar-refractivity contribution in [2.24, 2.45) is 0 Å². The summed E-state index contributed by atoms with van der Waals surface area (Å²) in [6, 6.07) is 6.38. The first-order valence-electron chi connectivity index (χ1n) is 8.39. The average molecular weight is 302 g/mol. The van der Waals surface area contributed by atoms with Crippen molar-refractivity contribution in [1.29, 1.82) is 0 Å². The van der Waals surface area contributed by atoms with Crippen molar-refractivity contribution in [2.75, 3.05) is 31.6 Å². The highest BCUT2D eigenvalue weighted by atomic mass is 16.5. The summed E-state index contributed by atoms with van der Waals surface area (Å²) >= 11 is 0. The third-order valence-corrected chi connectivity index (χ3v) is 4.84. The lowest BCUT2D eigenvalue weighted by molar-refractivity contribution is -0.131. The van der Waals surface area contributed by atoms with E-state index in [2.05, 4.69) is 37.1 Å². The van der Waals surface area contributed by atoms with Crippen molar-refractivity contribution in [2.45, 2.75) is 45.1 Å². The number of nitrogens with zero attached hydrogens (tertiary/aromatic N) is 2. The Morgan fingerprint density at radius 1 is 1.23 bits per heavy atom. The number of aryl methyl sites for hydroxylation is 1. The summed E-state index contributed by atoms with van der Waals surface area (Å²) in [7, 11) is 2.07. The van der Waals surface area contributed by atoms with Crippen molar-refractivity contribution in [1.82, 2.24) is 4.90 Å². The first-order valence-corrected chi connectivity index (χ1v) is 8.39. The van der Waals surface area contributed by atoms with Crippen LogP contribution in [0.15, 0.2) is 18.2 Å². The van der Waals surface area contributed by atoms with Crippen molar-refractivity contribution in [3.63, 3.8) is 0 Å². The van der Waals surface area contributed by atoms with Crippen LogP contribution in [-0.4, -0.2) is 43.6 Å². The molecule has 1 aromatic carbocycles. The summed E-state index contributed by atoms with van der Waals surface area (Å²) < 4.78 is 5.89. The van der Waals surface area contributed by atoms with E-state index in [1.165, 1.54) is 18.4 Å². The van der Waals surface area contributed by atoms with Crippen LogP contribution in [0.4, 0.5) is 5.69 Å². The van der Waals surface area contributed by atoms with E-state index in [0.29, 0.717) is 13.0 Å². The van der Waals surface area contributed by atoms with Gasteiger partial charge >= 0.3 is 0 Å². The van der Waals surface area contributed by atoms with Crippen molar-refractivity contribution in [3.05, 3.63) is 23.8 Å². The van der Waals surface area contributed by atoms with Crippen molar-refractivity contribution < 1.29 is 9.53 Å². The first kappa shape index (κ1) is 15.2. The van der Waals surface area contributed by atoms with Crippen molar-refractivity contribution >= 4 is 11.6 Å². The second-order valence-electron chi connectivity index (χ2n) is 6.55. The second-order valence-corrected chi connectivity index (χ2v) is 6.55. The molecule has 0 unspecified atom stereocenters. The van der Waals surface area contributed by atoms with Gasteiger partial charge in [0.25, 0.3) is 0 Å². The molecule has 1 amide bonds. The molecule has 0 aromatic heterocycles. The van der Waals surface area contributed by atoms with Crippen LogP contribution in [0, 0.1) is 6.92 Å². The Labute approximate surface area is 133 Å². The summed E-state index contributed by atoms with van der Waals surface area (Å²) in [5.41, 5.74) is 2.29. The lowest BCUT2D eigenvalue weighted by Crippen LogP contribution is -2.45. The van der Waals surface area contributed by atoms with Crippen LogP contribution in [0.25, 0.3) is 0 Å². The number of carbonyl (C=O) groups excluding carboxylic acids is 1. The summed E-state index contributed by atoms with van der Waals surface area (Å²) in [5, 5.41) is 0. The Bertz CT molecular complexity index is 536. The summed E-state index contributed by atoms with van der Waals surface area (Å²) in [5.74, 6) is 1.21. The smallest absolute Gasteiger partial charge is 0.224 e. The molecule has 1 aromatic rings. The fourth-order valence-corrected chi connectivity index (χ4v) is 3.37. The fourth-order valence-electron chi connectivity index (χ4n) is 3.37. The molecule has 2 aliphatic heterocycles. The number of hydrogen-bond acceptors (Lipinski definition) is 3. The van der Waals surface area contributed by atoms with Crippen LogP contribution < -0.4 is 9.64 Å². The average Bonchev–Trinajstić information content (AvgIpc) is 2.79. The topological polar surface area (TPSA) is 32.8 Å². The lowest BCUT2D eigenvalue weighted by atomic mass is 10.1. The predicted molar refractivity (Wildman–Crippen MR) is 88.5 cm³/mol. The molecule has 4 nitrogen and oxygen atoms in total. The SMILES string of the molecule is Cc1ccc2c(c1)OC[C@@H](CC(=O)N1CCCCCC1)N2C. The van der Waals surface area contributed by atoms with E-state index in [9.17, 15) is 4.79 Å². The van der Waals surface area contributed by atoms with E-state index < -0.39 is 0 Å². The number of amides is 1. The van der Waals surface area contributed by atoms with Gasteiger partial charge in [-0.15, -0.1) is 0 Å². The van der Waals surface area contributed by atoms with E-state index in [0.717, 1.165) is 37.4 Å². The van der Waals surface area contributed by atoms with E-state index >= 15 is 0 Å². The van der Waals surface area contributed by atoms with E-state index in [1.807, 2.05) is 4.90 Å². The Hall–Kier alpha value is -1.71. The number of ether oxygens (including phenoxy) is 1. The van der Waals surface area contributed by atoms with Crippen LogP contribution in [-0.2, 0) is 4.79 Å². The maximum atomic E-state index is 12.6. The van der Waals surface area contributed by atoms with Crippen molar-refractivity contribution in [3.8, 4) is 5.75 Å². The maximum absolute atomic E-state index is 12.6. The molecular formula is C18H26N2O2. The molecule has 0 N–H and O–H groups in total. The summed E-state index contributed by atoms with van der Waals surface area (Å²) in [4.78, 5) is 16.8. The zero-order valence-electron chi connectivity index (χ0n) is 13.7. The fraction of sp³-hybridized carbons (Fsp3) is 0.611. The number of likely N-dealkylation sites (N-methyl/N-ethyl adjacent to an activating group) is 1. The molecule has 22 heavy (non-hydrogen) atoms. The van der Waals surface area contributed by atoms with E-state index in [1.54, 1.807) is 0 Å².